The van der Waals surface area contributed by atoms with Crippen molar-refractivity contribution in [3.05, 3.63) is 35.9 Å². The molecular weight excluding hydrogens is 358 g/mol. The highest BCUT2D eigenvalue weighted by molar-refractivity contribution is 5.68. The summed E-state index contributed by atoms with van der Waals surface area (Å²) in [7, 11) is 0. The maximum absolute atomic E-state index is 12.1. The van der Waals surface area contributed by atoms with Gasteiger partial charge in [-0.05, 0) is 39.2 Å². The average molecular weight is 389 g/mol. The summed E-state index contributed by atoms with van der Waals surface area (Å²) < 4.78 is 10.7. The fourth-order valence-corrected chi connectivity index (χ4v) is 3.53. The van der Waals surface area contributed by atoms with Crippen LogP contribution < -0.4 is 5.32 Å². The van der Waals surface area contributed by atoms with Crippen LogP contribution in [0.2, 0.25) is 0 Å². The lowest BCUT2D eigenvalue weighted by molar-refractivity contribution is 0.00136. The van der Waals surface area contributed by atoms with E-state index in [4.69, 9.17) is 9.47 Å². The Morgan fingerprint density at radius 3 is 2.32 bits per heavy atom. The molecule has 0 bridgehead atoms. The fourth-order valence-electron chi connectivity index (χ4n) is 3.53. The quantitative estimate of drug-likeness (QED) is 0.857. The predicted molar refractivity (Wildman–Crippen MR) is 106 cm³/mol. The Labute approximate surface area is 167 Å². The Bertz CT molecular complexity index is 660. The predicted octanol–water partition coefficient (Wildman–Crippen LogP) is 3.00. The Balaban J connectivity index is 1.31. The van der Waals surface area contributed by atoms with Crippen molar-refractivity contribution in [2.24, 2.45) is 0 Å². The van der Waals surface area contributed by atoms with Crippen molar-refractivity contribution in [2.45, 2.75) is 57.9 Å². The molecule has 3 rings (SSSR count). The molecular formula is C21H31N3O4. The molecule has 2 fully saturated rings. The zero-order chi connectivity index (χ0) is 20.1. The lowest BCUT2D eigenvalue weighted by atomic mass is 9.85. The van der Waals surface area contributed by atoms with Gasteiger partial charge in [0.1, 0.15) is 12.2 Å². The van der Waals surface area contributed by atoms with Crippen LogP contribution in [0.5, 0.6) is 0 Å². The van der Waals surface area contributed by atoms with Crippen LogP contribution in [0, 0.1) is 0 Å². The van der Waals surface area contributed by atoms with Gasteiger partial charge in [-0.15, -0.1) is 0 Å². The van der Waals surface area contributed by atoms with E-state index in [-0.39, 0.29) is 24.8 Å². The molecule has 2 aliphatic rings. The van der Waals surface area contributed by atoms with Crippen LogP contribution in [0.4, 0.5) is 9.59 Å². The van der Waals surface area contributed by atoms with E-state index in [0.717, 1.165) is 31.5 Å². The molecule has 1 saturated carbocycles. The summed E-state index contributed by atoms with van der Waals surface area (Å²) in [6, 6.07) is 10.3. The Morgan fingerprint density at radius 1 is 1.07 bits per heavy atom. The van der Waals surface area contributed by atoms with Crippen molar-refractivity contribution < 1.29 is 19.1 Å². The minimum absolute atomic E-state index is 0.164. The van der Waals surface area contributed by atoms with Gasteiger partial charge in [-0.3, -0.25) is 4.90 Å². The van der Waals surface area contributed by atoms with Crippen LogP contribution in [0.1, 0.15) is 39.2 Å². The molecule has 7 heteroatoms. The van der Waals surface area contributed by atoms with E-state index in [1.165, 1.54) is 0 Å². The highest BCUT2D eigenvalue weighted by Gasteiger charge is 2.37. The third-order valence-corrected chi connectivity index (χ3v) is 5.13. The molecule has 0 aromatic heterocycles. The molecule has 1 N–H and O–H groups in total. The lowest BCUT2D eigenvalue weighted by Crippen LogP contribution is -2.59. The molecule has 28 heavy (non-hydrogen) atoms. The first-order valence-corrected chi connectivity index (χ1v) is 9.99. The summed E-state index contributed by atoms with van der Waals surface area (Å²) in [6.07, 6.45) is 1.25. The van der Waals surface area contributed by atoms with Gasteiger partial charge in [0, 0.05) is 38.3 Å². The van der Waals surface area contributed by atoms with Crippen LogP contribution in [0.25, 0.3) is 0 Å². The minimum Gasteiger partial charge on any atom is -0.445 e. The smallest absolute Gasteiger partial charge is 0.410 e. The van der Waals surface area contributed by atoms with Crippen molar-refractivity contribution in [3.8, 4) is 0 Å². The molecule has 7 nitrogen and oxygen atoms in total. The van der Waals surface area contributed by atoms with Crippen molar-refractivity contribution in [2.75, 3.05) is 26.2 Å². The molecule has 1 aliphatic carbocycles. The van der Waals surface area contributed by atoms with Crippen LogP contribution in [-0.2, 0) is 16.1 Å². The number of piperazine rings is 1. The summed E-state index contributed by atoms with van der Waals surface area (Å²) in [6.45, 7) is 8.99. The number of ether oxygens (including phenoxy) is 2. The normalized spacial score (nSPS) is 22.9. The van der Waals surface area contributed by atoms with E-state index in [0.29, 0.717) is 19.1 Å². The van der Waals surface area contributed by atoms with E-state index >= 15 is 0 Å². The van der Waals surface area contributed by atoms with Crippen LogP contribution in [0.3, 0.4) is 0 Å². The summed E-state index contributed by atoms with van der Waals surface area (Å²) in [5.41, 5.74) is 0.517. The van der Waals surface area contributed by atoms with E-state index in [1.54, 1.807) is 4.90 Å². The molecule has 154 valence electrons. The van der Waals surface area contributed by atoms with Gasteiger partial charge < -0.3 is 19.7 Å². The highest BCUT2D eigenvalue weighted by atomic mass is 16.6. The Kier molecular flexibility index (Phi) is 6.44. The van der Waals surface area contributed by atoms with Crippen LogP contribution in [-0.4, -0.2) is 65.9 Å². The Morgan fingerprint density at radius 2 is 1.71 bits per heavy atom. The summed E-state index contributed by atoms with van der Waals surface area (Å²) in [5, 5.41) is 2.94. The first kappa shape index (κ1) is 20.5. The monoisotopic (exact) mass is 389 g/mol. The van der Waals surface area contributed by atoms with E-state index < -0.39 is 5.60 Å². The van der Waals surface area contributed by atoms with Crippen molar-refractivity contribution in [3.63, 3.8) is 0 Å². The number of nitrogens with zero attached hydrogens (tertiary/aromatic N) is 2. The minimum atomic E-state index is -0.462. The number of nitrogens with one attached hydrogen (secondary N) is 1. The first-order valence-electron chi connectivity index (χ1n) is 9.99. The zero-order valence-corrected chi connectivity index (χ0v) is 17.0. The standard InChI is InChI=1S/C21H31N3O4/c1-21(2,3)28-20(26)24-11-9-23(10-12-24)18-13-17(14-18)22-19(25)27-15-16-7-5-4-6-8-16/h4-8,17-18H,9-15H2,1-3H3,(H,22,25). The number of hydrogen-bond donors (Lipinski definition) is 1. The van der Waals surface area contributed by atoms with E-state index in [2.05, 4.69) is 10.2 Å². The molecule has 0 radical (unpaired) electrons. The van der Waals surface area contributed by atoms with Gasteiger partial charge in [0.2, 0.25) is 0 Å². The molecule has 1 heterocycles. The van der Waals surface area contributed by atoms with Crippen LogP contribution >= 0.6 is 0 Å². The Hall–Kier alpha value is -2.28. The first-order chi connectivity index (χ1) is 13.3. The van der Waals surface area contributed by atoms with Gasteiger partial charge in [-0.1, -0.05) is 30.3 Å². The highest BCUT2D eigenvalue weighted by Crippen LogP contribution is 2.27. The third kappa shape index (κ3) is 5.86. The third-order valence-electron chi connectivity index (χ3n) is 5.13. The maximum Gasteiger partial charge on any atom is 0.410 e. The number of alkyl carbamates (subject to hydrolysis) is 1. The topological polar surface area (TPSA) is 71.1 Å². The summed E-state index contributed by atoms with van der Waals surface area (Å²) in [4.78, 5) is 28.2. The lowest BCUT2D eigenvalue weighted by Gasteiger charge is -2.46. The molecule has 1 aromatic carbocycles. The van der Waals surface area contributed by atoms with Gasteiger partial charge in [0.25, 0.3) is 0 Å². The number of benzene rings is 1. The van der Waals surface area contributed by atoms with Crippen molar-refractivity contribution in [1.82, 2.24) is 15.1 Å². The number of carbonyl (C=O) groups excluding carboxylic acids is 2. The van der Waals surface area contributed by atoms with Gasteiger partial charge >= 0.3 is 12.2 Å². The van der Waals surface area contributed by atoms with Gasteiger partial charge in [0.05, 0.1) is 0 Å². The van der Waals surface area contributed by atoms with Crippen molar-refractivity contribution in [1.29, 1.82) is 0 Å². The fraction of sp³-hybridized carbons (Fsp3) is 0.619. The number of carbonyl (C=O) groups is 2. The van der Waals surface area contributed by atoms with Gasteiger partial charge in [0.15, 0.2) is 0 Å². The van der Waals surface area contributed by atoms with Gasteiger partial charge in [-0.2, -0.15) is 0 Å². The second-order valence-electron chi connectivity index (χ2n) is 8.53. The molecule has 0 spiro atoms. The summed E-state index contributed by atoms with van der Waals surface area (Å²) >= 11 is 0. The SMILES string of the molecule is CC(C)(C)OC(=O)N1CCN(C2CC(NC(=O)OCc3ccccc3)C2)CC1. The van der Waals surface area contributed by atoms with Crippen molar-refractivity contribution >= 4 is 12.2 Å². The average Bonchev–Trinajstić information content (AvgIpc) is 2.62. The van der Waals surface area contributed by atoms with E-state index in [9.17, 15) is 9.59 Å². The second-order valence-corrected chi connectivity index (χ2v) is 8.53. The second kappa shape index (κ2) is 8.82. The molecule has 1 saturated heterocycles. The number of amides is 2. The maximum atomic E-state index is 12.1. The molecule has 1 aliphatic heterocycles. The number of rotatable bonds is 4. The largest absolute Gasteiger partial charge is 0.445 e. The van der Waals surface area contributed by atoms with Crippen LogP contribution in [0.15, 0.2) is 30.3 Å². The summed E-state index contributed by atoms with van der Waals surface area (Å²) in [5.74, 6) is 0. The molecule has 2 amide bonds. The molecule has 0 atom stereocenters. The zero-order valence-electron chi connectivity index (χ0n) is 17.0. The number of hydrogen-bond acceptors (Lipinski definition) is 5. The molecule has 1 aromatic rings. The van der Waals surface area contributed by atoms with E-state index in [1.807, 2.05) is 51.1 Å². The molecule has 0 unspecified atom stereocenters. The van der Waals surface area contributed by atoms with Gasteiger partial charge in [-0.25, -0.2) is 9.59 Å².